The highest BCUT2D eigenvalue weighted by Gasteiger charge is 2.13. The van der Waals surface area contributed by atoms with Gasteiger partial charge in [0.1, 0.15) is 11.5 Å². The molecule has 1 rings (SSSR count). The number of ether oxygens (including phenoxy) is 2. The Labute approximate surface area is 103 Å². The van der Waals surface area contributed by atoms with Gasteiger partial charge in [0, 0.05) is 12.7 Å². The monoisotopic (exact) mass is 238 g/mol. The van der Waals surface area contributed by atoms with Crippen molar-refractivity contribution in [3.63, 3.8) is 0 Å². The second kappa shape index (κ2) is 6.50. The van der Waals surface area contributed by atoms with Gasteiger partial charge < -0.3 is 14.6 Å². The zero-order chi connectivity index (χ0) is 12.8. The van der Waals surface area contributed by atoms with E-state index in [9.17, 15) is 0 Å². The van der Waals surface area contributed by atoms with E-state index in [-0.39, 0.29) is 6.61 Å². The molecule has 0 amide bonds. The van der Waals surface area contributed by atoms with Crippen LogP contribution in [0.4, 0.5) is 0 Å². The average Bonchev–Trinajstić information content (AvgIpc) is 2.34. The van der Waals surface area contributed by atoms with E-state index >= 15 is 0 Å². The number of aliphatic hydroxyl groups is 1. The van der Waals surface area contributed by atoms with Gasteiger partial charge in [-0.15, -0.1) is 0 Å². The Bertz CT molecular complexity index is 359. The van der Waals surface area contributed by atoms with Crippen molar-refractivity contribution in [1.82, 2.24) is 0 Å². The molecule has 0 bridgehead atoms. The van der Waals surface area contributed by atoms with Gasteiger partial charge in [-0.05, 0) is 36.0 Å². The molecule has 0 aromatic heterocycles. The topological polar surface area (TPSA) is 38.7 Å². The molecular formula is C14H22O3. The zero-order valence-electron chi connectivity index (χ0n) is 11.1. The molecular weight excluding hydrogens is 216 g/mol. The fourth-order valence-corrected chi connectivity index (χ4v) is 1.91. The molecule has 0 fully saturated rings. The molecule has 0 aliphatic rings. The molecule has 3 nitrogen and oxygen atoms in total. The van der Waals surface area contributed by atoms with Crippen molar-refractivity contribution in [2.24, 2.45) is 0 Å². The van der Waals surface area contributed by atoms with Gasteiger partial charge in [-0.1, -0.05) is 13.8 Å². The van der Waals surface area contributed by atoms with Crippen molar-refractivity contribution in [2.75, 3.05) is 20.8 Å². The van der Waals surface area contributed by atoms with Crippen LogP contribution in [0.1, 0.15) is 37.3 Å². The number of methoxy groups -OCH3 is 2. The molecule has 96 valence electrons. The summed E-state index contributed by atoms with van der Waals surface area (Å²) in [4.78, 5) is 0. The van der Waals surface area contributed by atoms with E-state index in [1.165, 1.54) is 5.56 Å². The van der Waals surface area contributed by atoms with Gasteiger partial charge in [0.15, 0.2) is 0 Å². The van der Waals surface area contributed by atoms with Crippen molar-refractivity contribution in [3.8, 4) is 11.5 Å². The van der Waals surface area contributed by atoms with Gasteiger partial charge in [0.25, 0.3) is 0 Å². The van der Waals surface area contributed by atoms with Crippen molar-refractivity contribution in [2.45, 2.75) is 32.6 Å². The first kappa shape index (κ1) is 13.8. The molecule has 0 aliphatic heterocycles. The molecule has 0 heterocycles. The summed E-state index contributed by atoms with van der Waals surface area (Å²) in [6.45, 7) is 4.48. The van der Waals surface area contributed by atoms with Crippen LogP contribution in [0.5, 0.6) is 11.5 Å². The predicted octanol–water partition coefficient (Wildman–Crippen LogP) is 2.75. The molecule has 0 radical (unpaired) electrons. The molecule has 0 unspecified atom stereocenters. The van der Waals surface area contributed by atoms with Crippen LogP contribution >= 0.6 is 0 Å². The Hall–Kier alpha value is -1.22. The normalized spacial score (nSPS) is 10.7. The lowest BCUT2D eigenvalue weighted by Gasteiger charge is -2.16. The van der Waals surface area contributed by atoms with Gasteiger partial charge in [-0.3, -0.25) is 0 Å². The Morgan fingerprint density at radius 2 is 1.76 bits per heavy atom. The van der Waals surface area contributed by atoms with Gasteiger partial charge >= 0.3 is 0 Å². The third-order valence-corrected chi connectivity index (χ3v) is 2.86. The van der Waals surface area contributed by atoms with Crippen molar-refractivity contribution in [1.29, 1.82) is 0 Å². The molecule has 0 aliphatic carbocycles. The quantitative estimate of drug-likeness (QED) is 0.828. The first-order chi connectivity index (χ1) is 8.13. The van der Waals surface area contributed by atoms with Crippen LogP contribution in [0.2, 0.25) is 0 Å². The second-order valence-corrected chi connectivity index (χ2v) is 4.39. The first-order valence-corrected chi connectivity index (χ1v) is 5.99. The smallest absolute Gasteiger partial charge is 0.126 e. The highest BCUT2D eigenvalue weighted by molar-refractivity contribution is 5.48. The molecule has 1 N–H and O–H groups in total. The summed E-state index contributed by atoms with van der Waals surface area (Å²) in [5.74, 6) is 2.10. The fraction of sp³-hybridized carbons (Fsp3) is 0.571. The maximum absolute atomic E-state index is 8.90. The molecule has 1 aromatic rings. The molecule has 0 saturated carbocycles. The lowest BCUT2D eigenvalue weighted by atomic mass is 9.97. The maximum Gasteiger partial charge on any atom is 0.126 e. The van der Waals surface area contributed by atoms with Gasteiger partial charge in [0.05, 0.1) is 14.2 Å². The third kappa shape index (κ3) is 3.37. The number of aryl methyl sites for hydroxylation is 1. The summed E-state index contributed by atoms with van der Waals surface area (Å²) >= 11 is 0. The summed E-state index contributed by atoms with van der Waals surface area (Å²) in [6.07, 6.45) is 1.57. The van der Waals surface area contributed by atoms with Crippen molar-refractivity contribution >= 4 is 0 Å². The Kier molecular flexibility index (Phi) is 5.29. The highest BCUT2D eigenvalue weighted by Crippen LogP contribution is 2.34. The van der Waals surface area contributed by atoms with Crippen LogP contribution in [0.15, 0.2) is 12.1 Å². The molecule has 0 atom stereocenters. The number of hydrogen-bond acceptors (Lipinski definition) is 3. The molecule has 17 heavy (non-hydrogen) atoms. The SMILES string of the molecule is COc1cc(OC)c(C(C)C)cc1CCCO. The lowest BCUT2D eigenvalue weighted by molar-refractivity contribution is 0.287. The average molecular weight is 238 g/mol. The highest BCUT2D eigenvalue weighted by atomic mass is 16.5. The minimum Gasteiger partial charge on any atom is -0.496 e. The molecule has 1 aromatic carbocycles. The lowest BCUT2D eigenvalue weighted by Crippen LogP contribution is -2.00. The summed E-state index contributed by atoms with van der Waals surface area (Å²) in [7, 11) is 3.33. The Morgan fingerprint density at radius 1 is 1.12 bits per heavy atom. The van der Waals surface area contributed by atoms with E-state index in [1.807, 2.05) is 6.07 Å². The second-order valence-electron chi connectivity index (χ2n) is 4.39. The number of rotatable bonds is 6. The van der Waals surface area contributed by atoms with Crippen LogP contribution in [-0.4, -0.2) is 25.9 Å². The predicted molar refractivity (Wildman–Crippen MR) is 69.0 cm³/mol. The van der Waals surface area contributed by atoms with E-state index in [1.54, 1.807) is 14.2 Å². The fourth-order valence-electron chi connectivity index (χ4n) is 1.91. The van der Waals surface area contributed by atoms with E-state index in [4.69, 9.17) is 14.6 Å². The van der Waals surface area contributed by atoms with E-state index < -0.39 is 0 Å². The minimum atomic E-state index is 0.201. The Morgan fingerprint density at radius 3 is 2.24 bits per heavy atom. The van der Waals surface area contributed by atoms with Gasteiger partial charge in [-0.2, -0.15) is 0 Å². The van der Waals surface area contributed by atoms with Crippen LogP contribution in [0.3, 0.4) is 0 Å². The summed E-state index contributed by atoms with van der Waals surface area (Å²) in [5, 5.41) is 8.90. The van der Waals surface area contributed by atoms with Crippen LogP contribution in [-0.2, 0) is 6.42 Å². The van der Waals surface area contributed by atoms with E-state index in [2.05, 4.69) is 19.9 Å². The Balaban J connectivity index is 3.14. The van der Waals surface area contributed by atoms with E-state index in [0.29, 0.717) is 5.92 Å². The molecule has 0 saturated heterocycles. The standard InChI is InChI=1S/C14H22O3/c1-10(2)12-8-11(6-5-7-15)13(16-3)9-14(12)17-4/h8-10,15H,5-7H2,1-4H3. The number of aliphatic hydroxyl groups excluding tert-OH is 1. The number of benzene rings is 1. The molecule has 0 spiro atoms. The zero-order valence-corrected chi connectivity index (χ0v) is 11.1. The van der Waals surface area contributed by atoms with Crippen LogP contribution in [0, 0.1) is 0 Å². The summed E-state index contributed by atoms with van der Waals surface area (Å²) in [6, 6.07) is 4.06. The molecule has 3 heteroatoms. The van der Waals surface area contributed by atoms with Crippen LogP contribution in [0.25, 0.3) is 0 Å². The largest absolute Gasteiger partial charge is 0.496 e. The van der Waals surface area contributed by atoms with Crippen molar-refractivity contribution in [3.05, 3.63) is 23.3 Å². The van der Waals surface area contributed by atoms with Gasteiger partial charge in [0.2, 0.25) is 0 Å². The maximum atomic E-state index is 8.90. The summed E-state index contributed by atoms with van der Waals surface area (Å²) in [5.41, 5.74) is 2.31. The third-order valence-electron chi connectivity index (χ3n) is 2.86. The van der Waals surface area contributed by atoms with Gasteiger partial charge in [-0.25, -0.2) is 0 Å². The minimum absolute atomic E-state index is 0.201. The number of hydrogen-bond donors (Lipinski definition) is 1. The summed E-state index contributed by atoms with van der Waals surface area (Å²) < 4.78 is 10.7. The van der Waals surface area contributed by atoms with E-state index in [0.717, 1.165) is 29.9 Å². The first-order valence-electron chi connectivity index (χ1n) is 5.99. The van der Waals surface area contributed by atoms with Crippen molar-refractivity contribution < 1.29 is 14.6 Å². The van der Waals surface area contributed by atoms with Crippen LogP contribution < -0.4 is 9.47 Å².